The molecule has 1 atom stereocenters. The second kappa shape index (κ2) is 5.49. The van der Waals surface area contributed by atoms with E-state index in [0.717, 1.165) is 5.56 Å². The molecule has 1 aromatic rings. The lowest BCUT2D eigenvalue weighted by Gasteiger charge is -2.26. The van der Waals surface area contributed by atoms with Crippen LogP contribution in [0.2, 0.25) is 0 Å². The number of carbonyl (C=O) groups is 1. The molecule has 3 heteroatoms. The Bertz CT molecular complexity index is 431. The molecule has 0 aliphatic carbocycles. The smallest absolute Gasteiger partial charge is 0.316 e. The number of hydrogen-bond donors (Lipinski definition) is 0. The maximum Gasteiger partial charge on any atom is 0.316 e. The summed E-state index contributed by atoms with van der Waals surface area (Å²) in [6.07, 6.45) is 0.664. The second-order valence-corrected chi connectivity index (χ2v) is 4.10. The summed E-state index contributed by atoms with van der Waals surface area (Å²) in [5.41, 5.74) is 0.845. The van der Waals surface area contributed by atoms with E-state index in [-0.39, 0.29) is 5.97 Å². The van der Waals surface area contributed by atoms with Gasteiger partial charge in [-0.3, -0.25) is 4.79 Å². The summed E-state index contributed by atoms with van der Waals surface area (Å²) in [4.78, 5) is 12.0. The molecule has 90 valence electrons. The largest absolute Gasteiger partial charge is 0.465 e. The molecule has 0 aromatic heterocycles. The second-order valence-electron chi connectivity index (χ2n) is 4.10. The Morgan fingerprint density at radius 3 is 2.35 bits per heavy atom. The molecule has 0 saturated carbocycles. The van der Waals surface area contributed by atoms with Gasteiger partial charge in [-0.2, -0.15) is 5.26 Å². The highest BCUT2D eigenvalue weighted by molar-refractivity contribution is 5.82. The summed E-state index contributed by atoms with van der Waals surface area (Å²) in [6.45, 7) is 6.00. The molecule has 0 heterocycles. The van der Waals surface area contributed by atoms with Gasteiger partial charge in [0.05, 0.1) is 23.7 Å². The van der Waals surface area contributed by atoms with Crippen LogP contribution in [-0.2, 0) is 14.9 Å². The molecule has 17 heavy (non-hydrogen) atoms. The van der Waals surface area contributed by atoms with Crippen molar-refractivity contribution in [3.05, 3.63) is 35.4 Å². The van der Waals surface area contributed by atoms with Crippen LogP contribution in [-0.4, -0.2) is 12.6 Å². The summed E-state index contributed by atoms with van der Waals surface area (Å²) in [6, 6.07) is 9.15. The maximum atomic E-state index is 12.0. The standard InChI is InChI=1S/C14H17NO2/c1-4-14(3,13(16)17-5-2)12-8-6-11(10-15)7-9-12/h6-9H,4-5H2,1-3H3. The van der Waals surface area contributed by atoms with Crippen molar-refractivity contribution in [3.63, 3.8) is 0 Å². The Labute approximate surface area is 102 Å². The number of ether oxygens (including phenoxy) is 1. The number of carbonyl (C=O) groups excluding carboxylic acids is 1. The van der Waals surface area contributed by atoms with Crippen LogP contribution in [0.1, 0.15) is 38.3 Å². The topological polar surface area (TPSA) is 50.1 Å². The molecule has 0 fully saturated rings. The Kier molecular flexibility index (Phi) is 4.28. The minimum absolute atomic E-state index is 0.216. The van der Waals surface area contributed by atoms with Crippen LogP contribution in [0.15, 0.2) is 24.3 Å². The summed E-state index contributed by atoms with van der Waals surface area (Å²) in [5.74, 6) is -0.216. The first-order chi connectivity index (χ1) is 8.08. The molecule has 0 bridgehead atoms. The lowest BCUT2D eigenvalue weighted by atomic mass is 9.80. The quantitative estimate of drug-likeness (QED) is 0.749. The fourth-order valence-corrected chi connectivity index (χ4v) is 1.67. The lowest BCUT2D eigenvalue weighted by molar-refractivity contribution is -0.149. The molecule has 0 N–H and O–H groups in total. The number of rotatable bonds is 4. The molecule has 0 amide bonds. The van der Waals surface area contributed by atoms with Crippen molar-refractivity contribution in [2.45, 2.75) is 32.6 Å². The zero-order chi connectivity index (χ0) is 12.9. The number of hydrogen-bond acceptors (Lipinski definition) is 3. The van der Waals surface area contributed by atoms with Crippen LogP contribution in [0.4, 0.5) is 0 Å². The summed E-state index contributed by atoms with van der Waals surface area (Å²) in [7, 11) is 0. The Balaban J connectivity index is 3.07. The minimum Gasteiger partial charge on any atom is -0.465 e. The zero-order valence-corrected chi connectivity index (χ0v) is 10.5. The number of benzene rings is 1. The number of nitrogens with zero attached hydrogens (tertiary/aromatic N) is 1. The van der Waals surface area contributed by atoms with Crippen molar-refractivity contribution >= 4 is 5.97 Å². The van der Waals surface area contributed by atoms with Gasteiger partial charge >= 0.3 is 5.97 Å². The van der Waals surface area contributed by atoms with Crippen LogP contribution < -0.4 is 0 Å². The van der Waals surface area contributed by atoms with E-state index in [2.05, 4.69) is 6.07 Å². The number of nitriles is 1. The Hall–Kier alpha value is -1.82. The van der Waals surface area contributed by atoms with Gasteiger partial charge < -0.3 is 4.74 Å². The minimum atomic E-state index is -0.635. The predicted molar refractivity (Wildman–Crippen MR) is 65.4 cm³/mol. The van der Waals surface area contributed by atoms with E-state index in [0.29, 0.717) is 18.6 Å². The fraction of sp³-hybridized carbons (Fsp3) is 0.429. The zero-order valence-electron chi connectivity index (χ0n) is 10.5. The van der Waals surface area contributed by atoms with Gasteiger partial charge in [-0.1, -0.05) is 19.1 Å². The van der Waals surface area contributed by atoms with Gasteiger partial charge in [0.2, 0.25) is 0 Å². The maximum absolute atomic E-state index is 12.0. The third kappa shape index (κ3) is 2.65. The van der Waals surface area contributed by atoms with E-state index in [9.17, 15) is 4.79 Å². The average molecular weight is 231 g/mol. The highest BCUT2D eigenvalue weighted by atomic mass is 16.5. The van der Waals surface area contributed by atoms with Crippen molar-refractivity contribution < 1.29 is 9.53 Å². The Morgan fingerprint density at radius 1 is 1.35 bits per heavy atom. The van der Waals surface area contributed by atoms with Crippen molar-refractivity contribution in [1.82, 2.24) is 0 Å². The molecule has 0 aliphatic rings. The summed E-state index contributed by atoms with van der Waals surface area (Å²) >= 11 is 0. The normalized spacial score (nSPS) is 13.5. The van der Waals surface area contributed by atoms with E-state index >= 15 is 0 Å². The third-order valence-corrected chi connectivity index (χ3v) is 3.08. The van der Waals surface area contributed by atoms with Crippen molar-refractivity contribution in [2.75, 3.05) is 6.61 Å². The van der Waals surface area contributed by atoms with E-state index in [1.165, 1.54) is 0 Å². The molecular formula is C14H17NO2. The van der Waals surface area contributed by atoms with Gasteiger partial charge in [-0.25, -0.2) is 0 Å². The van der Waals surface area contributed by atoms with Crippen molar-refractivity contribution in [1.29, 1.82) is 5.26 Å². The van der Waals surface area contributed by atoms with Gasteiger partial charge in [0.1, 0.15) is 0 Å². The third-order valence-electron chi connectivity index (χ3n) is 3.08. The molecule has 0 radical (unpaired) electrons. The molecule has 0 aliphatic heterocycles. The predicted octanol–water partition coefficient (Wildman–Crippen LogP) is 2.79. The first kappa shape index (κ1) is 13.2. The summed E-state index contributed by atoms with van der Waals surface area (Å²) in [5, 5.41) is 8.74. The van der Waals surface area contributed by atoms with E-state index < -0.39 is 5.41 Å². The van der Waals surface area contributed by atoms with Crippen LogP contribution >= 0.6 is 0 Å². The Morgan fingerprint density at radius 2 is 1.94 bits per heavy atom. The van der Waals surface area contributed by atoms with Crippen LogP contribution in [0.3, 0.4) is 0 Å². The molecule has 0 saturated heterocycles. The van der Waals surface area contributed by atoms with Crippen molar-refractivity contribution in [3.8, 4) is 6.07 Å². The van der Waals surface area contributed by atoms with Gasteiger partial charge in [0.25, 0.3) is 0 Å². The fourth-order valence-electron chi connectivity index (χ4n) is 1.67. The molecule has 0 spiro atoms. The molecule has 1 unspecified atom stereocenters. The van der Waals surface area contributed by atoms with E-state index in [1.54, 1.807) is 19.1 Å². The SMILES string of the molecule is CCOC(=O)C(C)(CC)c1ccc(C#N)cc1. The van der Waals surface area contributed by atoms with Gasteiger partial charge in [-0.15, -0.1) is 0 Å². The summed E-state index contributed by atoms with van der Waals surface area (Å²) < 4.78 is 5.10. The molecule has 3 nitrogen and oxygen atoms in total. The van der Waals surface area contributed by atoms with E-state index in [1.807, 2.05) is 26.0 Å². The first-order valence-corrected chi connectivity index (χ1v) is 5.76. The van der Waals surface area contributed by atoms with Crippen LogP contribution in [0, 0.1) is 11.3 Å². The van der Waals surface area contributed by atoms with Crippen molar-refractivity contribution in [2.24, 2.45) is 0 Å². The lowest BCUT2D eigenvalue weighted by Crippen LogP contribution is -2.33. The monoisotopic (exact) mass is 231 g/mol. The van der Waals surface area contributed by atoms with Gasteiger partial charge in [0, 0.05) is 0 Å². The highest BCUT2D eigenvalue weighted by Gasteiger charge is 2.34. The highest BCUT2D eigenvalue weighted by Crippen LogP contribution is 2.29. The molecular weight excluding hydrogens is 214 g/mol. The van der Waals surface area contributed by atoms with Gasteiger partial charge in [0.15, 0.2) is 0 Å². The molecule has 1 rings (SSSR count). The average Bonchev–Trinajstić information content (AvgIpc) is 2.38. The van der Waals surface area contributed by atoms with Crippen LogP contribution in [0.5, 0.6) is 0 Å². The van der Waals surface area contributed by atoms with Crippen LogP contribution in [0.25, 0.3) is 0 Å². The first-order valence-electron chi connectivity index (χ1n) is 5.76. The van der Waals surface area contributed by atoms with E-state index in [4.69, 9.17) is 10.00 Å². The number of esters is 1. The molecule has 1 aromatic carbocycles. The van der Waals surface area contributed by atoms with Gasteiger partial charge in [-0.05, 0) is 38.0 Å².